The highest BCUT2D eigenvalue weighted by atomic mass is 16.6. The van der Waals surface area contributed by atoms with Gasteiger partial charge in [0.1, 0.15) is 5.82 Å². The first-order valence-electron chi connectivity index (χ1n) is 7.45. The Morgan fingerprint density at radius 3 is 2.44 bits per heavy atom. The zero-order valence-electron chi connectivity index (χ0n) is 13.2. The Morgan fingerprint density at radius 1 is 0.960 bits per heavy atom. The molecule has 0 fully saturated rings. The maximum absolute atomic E-state index is 11.0. The van der Waals surface area contributed by atoms with Gasteiger partial charge in [-0.3, -0.25) is 10.1 Å². The number of nitro groups is 1. The van der Waals surface area contributed by atoms with Crippen molar-refractivity contribution >= 4 is 29.6 Å². The van der Waals surface area contributed by atoms with Crippen molar-refractivity contribution in [1.82, 2.24) is 9.97 Å². The average molecular weight is 333 g/mol. The van der Waals surface area contributed by atoms with Gasteiger partial charge in [0, 0.05) is 12.1 Å². The molecule has 3 rings (SSSR count). The Balaban J connectivity index is 2.12. The summed E-state index contributed by atoms with van der Waals surface area (Å²) >= 11 is 0. The Bertz CT molecular complexity index is 955. The summed E-state index contributed by atoms with van der Waals surface area (Å²) in [6, 6.07) is 15.8. The normalized spacial score (nSPS) is 10.9. The molecule has 124 valence electrons. The second kappa shape index (κ2) is 6.79. The standard InChI is InChI=1S/C18H15N5O2/c19-17-16(13-7-4-8-14(11-13)23(24)25)15(21-18(20)22-17)10-9-12-5-2-1-3-6-12/h1-11H,(H4,19,20,21,22). The number of nitro benzene ring substituents is 1. The highest BCUT2D eigenvalue weighted by molar-refractivity contribution is 5.85. The quantitative estimate of drug-likeness (QED) is 0.557. The molecule has 3 aromatic rings. The summed E-state index contributed by atoms with van der Waals surface area (Å²) < 4.78 is 0. The van der Waals surface area contributed by atoms with Gasteiger partial charge in [0.25, 0.3) is 5.69 Å². The van der Waals surface area contributed by atoms with Crippen molar-refractivity contribution in [2.24, 2.45) is 0 Å². The van der Waals surface area contributed by atoms with E-state index in [0.717, 1.165) is 5.56 Å². The van der Waals surface area contributed by atoms with Gasteiger partial charge in [0.15, 0.2) is 0 Å². The number of benzene rings is 2. The van der Waals surface area contributed by atoms with E-state index in [9.17, 15) is 10.1 Å². The lowest BCUT2D eigenvalue weighted by molar-refractivity contribution is -0.384. The van der Waals surface area contributed by atoms with E-state index in [1.54, 1.807) is 18.2 Å². The molecule has 0 aliphatic carbocycles. The summed E-state index contributed by atoms with van der Waals surface area (Å²) in [5.41, 5.74) is 14.2. The van der Waals surface area contributed by atoms with Crippen LogP contribution in [0.25, 0.3) is 23.3 Å². The van der Waals surface area contributed by atoms with E-state index in [-0.39, 0.29) is 17.5 Å². The number of aromatic nitrogens is 2. The zero-order valence-corrected chi connectivity index (χ0v) is 13.2. The maximum atomic E-state index is 11.0. The van der Waals surface area contributed by atoms with Crippen LogP contribution in [0.2, 0.25) is 0 Å². The summed E-state index contributed by atoms with van der Waals surface area (Å²) in [6.45, 7) is 0. The van der Waals surface area contributed by atoms with Gasteiger partial charge >= 0.3 is 0 Å². The molecule has 0 amide bonds. The van der Waals surface area contributed by atoms with Crippen LogP contribution in [0, 0.1) is 10.1 Å². The van der Waals surface area contributed by atoms with E-state index in [0.29, 0.717) is 16.8 Å². The van der Waals surface area contributed by atoms with Crippen LogP contribution < -0.4 is 11.5 Å². The molecule has 1 heterocycles. The third-order valence-corrected chi connectivity index (χ3v) is 3.56. The number of nitrogens with zero attached hydrogens (tertiary/aromatic N) is 3. The first kappa shape index (κ1) is 16.1. The van der Waals surface area contributed by atoms with E-state index in [1.807, 2.05) is 36.4 Å². The van der Waals surface area contributed by atoms with Crippen LogP contribution in [0.15, 0.2) is 54.6 Å². The molecule has 0 aliphatic rings. The molecular weight excluding hydrogens is 318 g/mol. The molecule has 7 heteroatoms. The van der Waals surface area contributed by atoms with Crippen molar-refractivity contribution in [3.8, 4) is 11.1 Å². The molecule has 0 atom stereocenters. The van der Waals surface area contributed by atoms with Gasteiger partial charge in [0.2, 0.25) is 5.95 Å². The third kappa shape index (κ3) is 3.61. The smallest absolute Gasteiger partial charge is 0.270 e. The molecule has 0 bridgehead atoms. The van der Waals surface area contributed by atoms with Crippen molar-refractivity contribution in [3.63, 3.8) is 0 Å². The summed E-state index contributed by atoms with van der Waals surface area (Å²) in [4.78, 5) is 18.8. The van der Waals surface area contributed by atoms with Gasteiger partial charge in [-0.2, -0.15) is 4.98 Å². The average Bonchev–Trinajstić information content (AvgIpc) is 2.60. The number of rotatable bonds is 4. The molecule has 0 radical (unpaired) electrons. The fraction of sp³-hybridized carbons (Fsp3) is 0. The van der Waals surface area contributed by atoms with Crippen molar-refractivity contribution in [2.45, 2.75) is 0 Å². The summed E-state index contributed by atoms with van der Waals surface area (Å²) in [6.07, 6.45) is 3.62. The first-order valence-corrected chi connectivity index (χ1v) is 7.45. The van der Waals surface area contributed by atoms with E-state index in [2.05, 4.69) is 9.97 Å². The fourth-order valence-corrected chi connectivity index (χ4v) is 2.45. The van der Waals surface area contributed by atoms with Crippen LogP contribution in [0.4, 0.5) is 17.5 Å². The molecule has 1 aromatic heterocycles. The topological polar surface area (TPSA) is 121 Å². The second-order valence-electron chi connectivity index (χ2n) is 5.28. The molecule has 25 heavy (non-hydrogen) atoms. The Morgan fingerprint density at radius 2 is 1.72 bits per heavy atom. The molecule has 7 nitrogen and oxygen atoms in total. The molecule has 0 saturated heterocycles. The summed E-state index contributed by atoms with van der Waals surface area (Å²) in [5.74, 6) is 0.208. The van der Waals surface area contributed by atoms with Gasteiger partial charge in [-0.1, -0.05) is 48.5 Å². The first-order chi connectivity index (χ1) is 12.0. The van der Waals surface area contributed by atoms with Crippen molar-refractivity contribution < 1.29 is 4.92 Å². The lowest BCUT2D eigenvalue weighted by atomic mass is 10.0. The third-order valence-electron chi connectivity index (χ3n) is 3.56. The zero-order chi connectivity index (χ0) is 17.8. The predicted molar refractivity (Wildman–Crippen MR) is 98.3 cm³/mol. The van der Waals surface area contributed by atoms with Crippen LogP contribution >= 0.6 is 0 Å². The number of hydrogen-bond donors (Lipinski definition) is 2. The molecular formula is C18H15N5O2. The highest BCUT2D eigenvalue weighted by Crippen LogP contribution is 2.31. The van der Waals surface area contributed by atoms with Gasteiger partial charge in [-0.15, -0.1) is 0 Å². The highest BCUT2D eigenvalue weighted by Gasteiger charge is 2.15. The van der Waals surface area contributed by atoms with Crippen LogP contribution in [0.3, 0.4) is 0 Å². The molecule has 0 unspecified atom stereocenters. The second-order valence-corrected chi connectivity index (χ2v) is 5.28. The van der Waals surface area contributed by atoms with Gasteiger partial charge in [-0.05, 0) is 17.2 Å². The Kier molecular flexibility index (Phi) is 4.38. The van der Waals surface area contributed by atoms with Crippen molar-refractivity contribution in [1.29, 1.82) is 0 Å². The molecule has 4 N–H and O–H groups in total. The Hall–Kier alpha value is -3.74. The van der Waals surface area contributed by atoms with Crippen LogP contribution in [0.5, 0.6) is 0 Å². The minimum Gasteiger partial charge on any atom is -0.383 e. The number of nitrogen functional groups attached to an aromatic ring is 2. The minimum atomic E-state index is -0.461. The number of hydrogen-bond acceptors (Lipinski definition) is 6. The molecule has 0 aliphatic heterocycles. The van der Waals surface area contributed by atoms with E-state index in [4.69, 9.17) is 11.5 Å². The monoisotopic (exact) mass is 333 g/mol. The minimum absolute atomic E-state index is 0.0355. The van der Waals surface area contributed by atoms with Gasteiger partial charge in [0.05, 0.1) is 16.2 Å². The van der Waals surface area contributed by atoms with Crippen LogP contribution in [-0.4, -0.2) is 14.9 Å². The number of anilines is 2. The predicted octanol–water partition coefficient (Wildman–Crippen LogP) is 3.39. The SMILES string of the molecule is Nc1nc(N)c(-c2cccc([N+](=O)[O-])c2)c(C=Cc2ccccc2)n1. The number of non-ortho nitro benzene ring substituents is 1. The van der Waals surface area contributed by atoms with Crippen LogP contribution in [-0.2, 0) is 0 Å². The maximum Gasteiger partial charge on any atom is 0.270 e. The van der Waals surface area contributed by atoms with Gasteiger partial charge < -0.3 is 11.5 Å². The van der Waals surface area contributed by atoms with Crippen molar-refractivity contribution in [3.05, 3.63) is 76.0 Å². The fourth-order valence-electron chi connectivity index (χ4n) is 2.45. The largest absolute Gasteiger partial charge is 0.383 e. The van der Waals surface area contributed by atoms with E-state index >= 15 is 0 Å². The molecule has 0 spiro atoms. The van der Waals surface area contributed by atoms with Crippen LogP contribution in [0.1, 0.15) is 11.3 Å². The molecule has 2 aromatic carbocycles. The summed E-state index contributed by atoms with van der Waals surface area (Å²) in [5, 5.41) is 11.0. The summed E-state index contributed by atoms with van der Waals surface area (Å²) in [7, 11) is 0. The lowest BCUT2D eigenvalue weighted by Crippen LogP contribution is -2.04. The Labute approximate surface area is 143 Å². The van der Waals surface area contributed by atoms with E-state index in [1.165, 1.54) is 12.1 Å². The van der Waals surface area contributed by atoms with Crippen molar-refractivity contribution in [2.75, 3.05) is 11.5 Å². The molecule has 0 saturated carbocycles. The lowest BCUT2D eigenvalue weighted by Gasteiger charge is -2.09. The number of nitrogens with two attached hydrogens (primary N) is 2. The van der Waals surface area contributed by atoms with E-state index < -0.39 is 4.92 Å². The van der Waals surface area contributed by atoms with Gasteiger partial charge in [-0.25, -0.2) is 4.98 Å².